The van der Waals surface area contributed by atoms with E-state index in [4.69, 9.17) is 4.74 Å². The molecule has 0 radical (unpaired) electrons. The first-order chi connectivity index (χ1) is 16.4. The number of hydrogen-bond acceptors (Lipinski definition) is 7. The maximum atomic E-state index is 13.0. The summed E-state index contributed by atoms with van der Waals surface area (Å²) >= 11 is 0. The lowest BCUT2D eigenvalue weighted by molar-refractivity contribution is -0.389. The minimum Gasteiger partial charge on any atom is -0.457 e. The molecule has 1 N–H and O–H groups in total. The van der Waals surface area contributed by atoms with Crippen LogP contribution in [0.1, 0.15) is 30.6 Å². The number of carbonyl (C=O) groups is 1. The van der Waals surface area contributed by atoms with E-state index in [0.29, 0.717) is 5.69 Å². The average Bonchev–Trinajstić information content (AvgIpc) is 3.15. The van der Waals surface area contributed by atoms with E-state index in [0.717, 1.165) is 30.3 Å². The van der Waals surface area contributed by atoms with Gasteiger partial charge in [0.25, 0.3) is 11.6 Å². The van der Waals surface area contributed by atoms with Gasteiger partial charge in [0, 0.05) is 12.1 Å². The van der Waals surface area contributed by atoms with Crippen molar-refractivity contribution >= 4 is 23.1 Å². The molecule has 0 bridgehead atoms. The lowest BCUT2D eigenvalue weighted by atomic mass is 10.2. The van der Waals surface area contributed by atoms with Crippen LogP contribution < -0.4 is 10.1 Å². The molecule has 1 aromatic heterocycles. The van der Waals surface area contributed by atoms with Gasteiger partial charge in [0.05, 0.1) is 39.1 Å². The monoisotopic (exact) mass is 493 g/mol. The van der Waals surface area contributed by atoms with Crippen LogP contribution in [0, 0.1) is 27.2 Å². The Labute approximate surface area is 195 Å². The van der Waals surface area contributed by atoms with Crippen molar-refractivity contribution in [2.75, 3.05) is 5.32 Å². The van der Waals surface area contributed by atoms with Crippen molar-refractivity contribution < 1.29 is 32.5 Å². The van der Waals surface area contributed by atoms with Crippen molar-refractivity contribution in [2.24, 2.45) is 0 Å². The molecule has 184 valence electrons. The van der Waals surface area contributed by atoms with Crippen LogP contribution in [0.15, 0.2) is 48.5 Å². The fourth-order valence-corrected chi connectivity index (χ4v) is 3.26. The van der Waals surface area contributed by atoms with E-state index < -0.39 is 45.0 Å². The van der Waals surface area contributed by atoms with E-state index in [-0.39, 0.29) is 23.6 Å². The van der Waals surface area contributed by atoms with Crippen LogP contribution in [-0.4, -0.2) is 25.5 Å². The Bertz CT molecular complexity index is 1290. The van der Waals surface area contributed by atoms with Crippen LogP contribution >= 0.6 is 0 Å². The van der Waals surface area contributed by atoms with Crippen LogP contribution in [0.3, 0.4) is 0 Å². The number of rotatable bonds is 8. The van der Waals surface area contributed by atoms with E-state index in [9.17, 15) is 38.2 Å². The first-order valence-electron chi connectivity index (χ1n) is 10.0. The van der Waals surface area contributed by atoms with Gasteiger partial charge in [-0.05, 0) is 36.5 Å². The number of nitrogens with zero attached hydrogens (tertiary/aromatic N) is 4. The highest BCUT2D eigenvalue weighted by Crippen LogP contribution is 2.34. The highest BCUT2D eigenvalue weighted by molar-refractivity contribution is 5.94. The van der Waals surface area contributed by atoms with Crippen LogP contribution in [0.25, 0.3) is 0 Å². The molecule has 0 aliphatic rings. The van der Waals surface area contributed by atoms with E-state index in [2.05, 4.69) is 10.4 Å². The van der Waals surface area contributed by atoms with Crippen LogP contribution in [-0.2, 0) is 11.0 Å². The normalized spacial score (nSPS) is 12.1. The summed E-state index contributed by atoms with van der Waals surface area (Å²) in [6, 6.07) is 7.41. The van der Waals surface area contributed by atoms with Gasteiger partial charge in [0.2, 0.25) is 0 Å². The molecule has 2 aromatic carbocycles. The summed E-state index contributed by atoms with van der Waals surface area (Å²) in [5.41, 5.74) is -1.16. The summed E-state index contributed by atoms with van der Waals surface area (Å²) in [6.45, 7) is 3.18. The molecule has 1 heterocycles. The number of benzene rings is 2. The summed E-state index contributed by atoms with van der Waals surface area (Å²) in [5.74, 6) is -1.52. The minimum atomic E-state index is -4.62. The van der Waals surface area contributed by atoms with Crippen molar-refractivity contribution in [3.8, 4) is 11.5 Å². The Morgan fingerprint density at radius 2 is 1.83 bits per heavy atom. The van der Waals surface area contributed by atoms with Crippen molar-refractivity contribution in [1.29, 1.82) is 0 Å². The largest absolute Gasteiger partial charge is 0.457 e. The molecule has 0 spiro atoms. The van der Waals surface area contributed by atoms with Gasteiger partial charge in [0.15, 0.2) is 6.04 Å². The Balaban J connectivity index is 1.90. The number of anilines is 1. The summed E-state index contributed by atoms with van der Waals surface area (Å²) in [7, 11) is 0. The summed E-state index contributed by atoms with van der Waals surface area (Å²) < 4.78 is 45.5. The van der Waals surface area contributed by atoms with Crippen LogP contribution in [0.5, 0.6) is 11.5 Å². The fourth-order valence-electron chi connectivity index (χ4n) is 3.26. The average molecular weight is 493 g/mol. The topological polar surface area (TPSA) is 142 Å². The molecule has 11 nitrogen and oxygen atoms in total. The predicted octanol–water partition coefficient (Wildman–Crippen LogP) is 5.41. The molecule has 14 heteroatoms. The highest BCUT2D eigenvalue weighted by Gasteiger charge is 2.31. The van der Waals surface area contributed by atoms with Crippen molar-refractivity contribution in [2.45, 2.75) is 32.5 Å². The number of nitro benzene ring substituents is 1. The number of hydrogen-bond donors (Lipinski definition) is 1. The third-order valence-electron chi connectivity index (χ3n) is 4.85. The molecule has 0 saturated carbocycles. The zero-order chi connectivity index (χ0) is 25.9. The molecule has 0 aliphatic carbocycles. The van der Waals surface area contributed by atoms with Gasteiger partial charge < -0.3 is 20.2 Å². The smallest absolute Gasteiger partial charge is 0.416 e. The lowest BCUT2D eigenvalue weighted by Gasteiger charge is -2.15. The van der Waals surface area contributed by atoms with Gasteiger partial charge in [-0.2, -0.15) is 17.9 Å². The summed E-state index contributed by atoms with van der Waals surface area (Å²) in [6.07, 6.45) is -4.43. The van der Waals surface area contributed by atoms with Crippen LogP contribution in [0.4, 0.5) is 30.4 Å². The Kier molecular flexibility index (Phi) is 7.03. The maximum Gasteiger partial charge on any atom is 0.416 e. The predicted molar refractivity (Wildman–Crippen MR) is 116 cm³/mol. The number of halogens is 3. The van der Waals surface area contributed by atoms with Gasteiger partial charge in [-0.25, -0.2) is 0 Å². The van der Waals surface area contributed by atoms with Gasteiger partial charge in [-0.1, -0.05) is 13.0 Å². The zero-order valence-corrected chi connectivity index (χ0v) is 18.3. The van der Waals surface area contributed by atoms with E-state index in [1.165, 1.54) is 29.8 Å². The molecular formula is C21H18F3N5O6. The highest BCUT2D eigenvalue weighted by atomic mass is 19.4. The molecule has 1 amide bonds. The summed E-state index contributed by atoms with van der Waals surface area (Å²) in [5, 5.41) is 28.7. The quantitative estimate of drug-likeness (QED) is 0.326. The molecule has 1 unspecified atom stereocenters. The number of nitro groups is 2. The zero-order valence-electron chi connectivity index (χ0n) is 18.3. The number of alkyl halides is 3. The standard InChI is InChI=1S/C21H18F3N5O6/c1-3-18(27-12(2)7-19(26-27)29(33)34)20(30)25-14-9-15(28(31)32)11-17(10-14)35-16-6-4-5-13(8-16)21(22,23)24/h4-11,18H,3H2,1-2H3,(H,25,30). The third kappa shape index (κ3) is 5.90. The Morgan fingerprint density at radius 3 is 2.40 bits per heavy atom. The van der Waals surface area contributed by atoms with Crippen molar-refractivity contribution in [3.05, 3.63) is 80.0 Å². The second kappa shape index (κ2) is 9.79. The van der Waals surface area contributed by atoms with Gasteiger partial charge in [0.1, 0.15) is 11.5 Å². The molecule has 35 heavy (non-hydrogen) atoms. The second-order valence-electron chi connectivity index (χ2n) is 7.36. The van der Waals surface area contributed by atoms with Gasteiger partial charge >= 0.3 is 12.0 Å². The number of amides is 1. The summed E-state index contributed by atoms with van der Waals surface area (Å²) in [4.78, 5) is 33.8. The number of non-ortho nitro benzene ring substituents is 1. The second-order valence-corrected chi connectivity index (χ2v) is 7.36. The molecule has 0 fully saturated rings. The van der Waals surface area contributed by atoms with Crippen LogP contribution in [0.2, 0.25) is 0 Å². The fraction of sp³-hybridized carbons (Fsp3) is 0.238. The Hall–Kier alpha value is -4.49. The van der Waals surface area contributed by atoms with Gasteiger partial charge in [-0.15, -0.1) is 0 Å². The Morgan fingerprint density at radius 1 is 1.11 bits per heavy atom. The minimum absolute atomic E-state index is 0.0658. The van der Waals surface area contributed by atoms with Crippen molar-refractivity contribution in [3.63, 3.8) is 0 Å². The molecule has 1 atom stereocenters. The van der Waals surface area contributed by atoms with E-state index in [1.807, 2.05) is 0 Å². The lowest BCUT2D eigenvalue weighted by Crippen LogP contribution is -2.27. The number of aromatic nitrogens is 2. The number of ether oxygens (including phenoxy) is 1. The molecule has 3 aromatic rings. The first kappa shape index (κ1) is 25.1. The van der Waals surface area contributed by atoms with E-state index in [1.54, 1.807) is 6.92 Å². The first-order valence-corrected chi connectivity index (χ1v) is 10.0. The third-order valence-corrected chi connectivity index (χ3v) is 4.85. The number of aryl methyl sites for hydroxylation is 1. The molecule has 3 rings (SSSR count). The number of nitrogens with one attached hydrogen (secondary N) is 1. The molecule has 0 saturated heterocycles. The molecule has 0 aliphatic heterocycles. The molecular weight excluding hydrogens is 475 g/mol. The van der Waals surface area contributed by atoms with E-state index >= 15 is 0 Å². The number of carbonyl (C=O) groups excluding carboxylic acids is 1. The van der Waals surface area contributed by atoms with Gasteiger partial charge in [-0.3, -0.25) is 14.9 Å². The SMILES string of the molecule is CCC(C(=O)Nc1cc(Oc2cccc(C(F)(F)F)c2)cc([N+](=O)[O-])c1)n1nc([N+](=O)[O-])cc1C. The van der Waals surface area contributed by atoms with Crippen molar-refractivity contribution in [1.82, 2.24) is 9.78 Å². The maximum absolute atomic E-state index is 13.0.